The summed E-state index contributed by atoms with van der Waals surface area (Å²) in [5.41, 5.74) is 1.15. The number of rotatable bonds is 5. The van der Waals surface area contributed by atoms with Gasteiger partial charge >= 0.3 is 0 Å². The van der Waals surface area contributed by atoms with E-state index in [1.165, 1.54) is 4.88 Å². The van der Waals surface area contributed by atoms with Crippen LogP contribution in [0.4, 0.5) is 0 Å². The van der Waals surface area contributed by atoms with Crippen LogP contribution in [-0.4, -0.2) is 36.7 Å². The van der Waals surface area contributed by atoms with E-state index in [-0.39, 0.29) is 18.4 Å². The smallest absolute Gasteiger partial charge is 0.214 e. The van der Waals surface area contributed by atoms with Gasteiger partial charge in [-0.15, -0.1) is 11.3 Å². The van der Waals surface area contributed by atoms with E-state index >= 15 is 0 Å². The summed E-state index contributed by atoms with van der Waals surface area (Å²) in [4.78, 5) is 1.31. The lowest BCUT2D eigenvalue weighted by atomic mass is 10.0. The average molecular weight is 289 g/mol. The van der Waals surface area contributed by atoms with Crippen LogP contribution >= 0.6 is 11.3 Å². The Morgan fingerprint density at radius 3 is 3.00 bits per heavy atom. The van der Waals surface area contributed by atoms with Gasteiger partial charge in [0.05, 0.1) is 5.75 Å². The van der Waals surface area contributed by atoms with Crippen molar-refractivity contribution in [2.45, 2.75) is 32.2 Å². The summed E-state index contributed by atoms with van der Waals surface area (Å²) in [6.45, 7) is 2.59. The minimum atomic E-state index is -3.20. The van der Waals surface area contributed by atoms with Crippen molar-refractivity contribution < 1.29 is 13.5 Å². The molecular formula is C12H19NO3S2. The molecule has 1 atom stereocenters. The van der Waals surface area contributed by atoms with E-state index in [9.17, 15) is 8.42 Å². The first-order valence-electron chi connectivity index (χ1n) is 6.23. The van der Waals surface area contributed by atoms with Crippen LogP contribution in [0.2, 0.25) is 0 Å². The number of sulfonamides is 1. The Hall–Kier alpha value is -0.430. The SMILES string of the molecule is CC1c2ccsc2CCN1S(=O)(=O)CCCCO. The highest BCUT2D eigenvalue weighted by Gasteiger charge is 2.32. The average Bonchev–Trinajstić information content (AvgIpc) is 2.78. The molecule has 18 heavy (non-hydrogen) atoms. The van der Waals surface area contributed by atoms with Gasteiger partial charge in [0.2, 0.25) is 10.0 Å². The summed E-state index contributed by atoms with van der Waals surface area (Å²) in [6.07, 6.45) is 1.89. The van der Waals surface area contributed by atoms with Crippen molar-refractivity contribution in [3.8, 4) is 0 Å². The lowest BCUT2D eigenvalue weighted by Gasteiger charge is -2.32. The fraction of sp³-hybridized carbons (Fsp3) is 0.667. The Morgan fingerprint density at radius 2 is 2.28 bits per heavy atom. The van der Waals surface area contributed by atoms with Crippen LogP contribution in [0.15, 0.2) is 11.4 Å². The first-order valence-corrected chi connectivity index (χ1v) is 8.72. The molecule has 0 saturated carbocycles. The van der Waals surface area contributed by atoms with E-state index in [0.717, 1.165) is 12.0 Å². The summed E-state index contributed by atoms with van der Waals surface area (Å²) >= 11 is 1.71. The molecule has 0 saturated heterocycles. The van der Waals surface area contributed by atoms with E-state index in [1.54, 1.807) is 15.6 Å². The van der Waals surface area contributed by atoms with Crippen LogP contribution in [0.1, 0.15) is 36.2 Å². The van der Waals surface area contributed by atoms with Crippen molar-refractivity contribution in [1.82, 2.24) is 4.31 Å². The quantitative estimate of drug-likeness (QED) is 0.841. The zero-order chi connectivity index (χ0) is 13.2. The maximum absolute atomic E-state index is 12.3. The molecule has 1 unspecified atom stereocenters. The Labute approximate surface area is 112 Å². The number of thiophene rings is 1. The predicted octanol–water partition coefficient (Wildman–Crippen LogP) is 1.77. The van der Waals surface area contributed by atoms with Gasteiger partial charge in [-0.3, -0.25) is 0 Å². The molecule has 2 heterocycles. The topological polar surface area (TPSA) is 57.6 Å². The predicted molar refractivity (Wildman–Crippen MR) is 73.3 cm³/mol. The number of nitrogens with zero attached hydrogens (tertiary/aromatic N) is 1. The first kappa shape index (κ1) is 14.0. The van der Waals surface area contributed by atoms with Gasteiger partial charge < -0.3 is 5.11 Å². The fourth-order valence-electron chi connectivity index (χ4n) is 2.38. The zero-order valence-electron chi connectivity index (χ0n) is 10.5. The molecule has 1 N–H and O–H groups in total. The van der Waals surface area contributed by atoms with E-state index in [4.69, 9.17) is 5.11 Å². The number of fused-ring (bicyclic) bond motifs is 1. The van der Waals surface area contributed by atoms with Crippen molar-refractivity contribution in [2.24, 2.45) is 0 Å². The Morgan fingerprint density at radius 1 is 1.50 bits per heavy atom. The zero-order valence-corrected chi connectivity index (χ0v) is 12.1. The van der Waals surface area contributed by atoms with Gasteiger partial charge in [-0.1, -0.05) is 0 Å². The number of unbranched alkanes of at least 4 members (excludes halogenated alkanes) is 1. The maximum Gasteiger partial charge on any atom is 0.214 e. The third-order valence-electron chi connectivity index (χ3n) is 3.39. The molecule has 2 rings (SSSR count). The monoisotopic (exact) mass is 289 g/mol. The van der Waals surface area contributed by atoms with Crippen LogP contribution in [0.5, 0.6) is 0 Å². The molecule has 0 amide bonds. The standard InChI is InChI=1S/C12H19NO3S2/c1-10-11-5-8-17-12(11)4-6-13(10)18(15,16)9-3-2-7-14/h5,8,10,14H,2-4,6-7,9H2,1H3. The first-order chi connectivity index (χ1) is 8.56. The Balaban J connectivity index is 2.10. The second-order valence-corrected chi connectivity index (χ2v) is 7.62. The lowest BCUT2D eigenvalue weighted by Crippen LogP contribution is -2.39. The van der Waals surface area contributed by atoms with Gasteiger partial charge in [-0.2, -0.15) is 4.31 Å². The molecular weight excluding hydrogens is 270 g/mol. The molecule has 1 aromatic heterocycles. The highest BCUT2D eigenvalue weighted by molar-refractivity contribution is 7.89. The fourth-order valence-corrected chi connectivity index (χ4v) is 5.11. The molecule has 6 heteroatoms. The normalized spacial score (nSPS) is 20.9. The second kappa shape index (κ2) is 5.69. The highest BCUT2D eigenvalue weighted by Crippen LogP contribution is 2.34. The summed E-state index contributed by atoms with van der Waals surface area (Å²) < 4.78 is 26.1. The molecule has 0 aliphatic carbocycles. The third-order valence-corrected chi connectivity index (χ3v) is 6.40. The largest absolute Gasteiger partial charge is 0.396 e. The molecule has 0 radical (unpaired) electrons. The highest BCUT2D eigenvalue weighted by atomic mass is 32.2. The van der Waals surface area contributed by atoms with Crippen molar-refractivity contribution >= 4 is 21.4 Å². The minimum Gasteiger partial charge on any atom is -0.396 e. The maximum atomic E-state index is 12.3. The molecule has 1 aromatic rings. The summed E-state index contributed by atoms with van der Waals surface area (Å²) in [5, 5.41) is 10.8. The molecule has 0 bridgehead atoms. The molecule has 0 fully saturated rings. The van der Waals surface area contributed by atoms with Crippen molar-refractivity contribution in [2.75, 3.05) is 18.9 Å². The number of hydrogen-bond acceptors (Lipinski definition) is 4. The van der Waals surface area contributed by atoms with Gasteiger partial charge in [-0.05, 0) is 43.2 Å². The molecule has 0 spiro atoms. The van der Waals surface area contributed by atoms with Crippen molar-refractivity contribution in [3.63, 3.8) is 0 Å². The van der Waals surface area contributed by atoms with Crippen LogP contribution in [0, 0.1) is 0 Å². The van der Waals surface area contributed by atoms with Gasteiger partial charge in [0.15, 0.2) is 0 Å². The van der Waals surface area contributed by atoms with Gasteiger partial charge in [-0.25, -0.2) is 8.42 Å². The minimum absolute atomic E-state index is 0.0553. The van der Waals surface area contributed by atoms with Crippen molar-refractivity contribution in [3.05, 3.63) is 21.9 Å². The molecule has 4 nitrogen and oxygen atoms in total. The van der Waals surface area contributed by atoms with Gasteiger partial charge in [0.1, 0.15) is 0 Å². The summed E-state index contributed by atoms with van der Waals surface area (Å²) in [7, 11) is -3.20. The number of aliphatic hydroxyl groups is 1. The second-order valence-electron chi connectivity index (χ2n) is 4.58. The number of aliphatic hydroxyl groups excluding tert-OH is 1. The summed E-state index contributed by atoms with van der Waals surface area (Å²) in [5.74, 6) is 0.136. The van der Waals surface area contributed by atoms with Crippen LogP contribution < -0.4 is 0 Å². The van der Waals surface area contributed by atoms with Gasteiger partial charge in [0, 0.05) is 24.1 Å². The Bertz CT molecular complexity index is 495. The van der Waals surface area contributed by atoms with E-state index < -0.39 is 10.0 Å². The van der Waals surface area contributed by atoms with E-state index in [0.29, 0.717) is 19.4 Å². The third kappa shape index (κ3) is 2.77. The lowest BCUT2D eigenvalue weighted by molar-refractivity contribution is 0.286. The number of hydrogen-bond donors (Lipinski definition) is 1. The molecule has 1 aliphatic rings. The summed E-state index contributed by atoms with van der Waals surface area (Å²) in [6, 6.07) is 1.97. The molecule has 1 aliphatic heterocycles. The van der Waals surface area contributed by atoms with Gasteiger partial charge in [0.25, 0.3) is 0 Å². The Kier molecular flexibility index (Phi) is 4.42. The van der Waals surface area contributed by atoms with Crippen LogP contribution in [0.25, 0.3) is 0 Å². The molecule has 0 aromatic carbocycles. The van der Waals surface area contributed by atoms with E-state index in [2.05, 4.69) is 0 Å². The van der Waals surface area contributed by atoms with E-state index in [1.807, 2.05) is 18.4 Å². The van der Waals surface area contributed by atoms with Crippen molar-refractivity contribution in [1.29, 1.82) is 0 Å². The van der Waals surface area contributed by atoms with Crippen LogP contribution in [0.3, 0.4) is 0 Å². The molecule has 102 valence electrons. The van der Waals surface area contributed by atoms with Crippen LogP contribution in [-0.2, 0) is 16.4 Å².